The van der Waals surface area contributed by atoms with Crippen LogP contribution in [0, 0.1) is 7.14 Å². The number of hydrogen-bond acceptors (Lipinski definition) is 3. The first-order valence-corrected chi connectivity index (χ1v) is 24.7. The average molecular weight is 1060 g/mol. The summed E-state index contributed by atoms with van der Waals surface area (Å²) in [6.45, 7) is 3.31. The van der Waals surface area contributed by atoms with E-state index in [0.29, 0.717) is 26.2 Å². The first-order valence-electron chi connectivity index (χ1n) is 10.00. The van der Waals surface area contributed by atoms with E-state index in [1.165, 1.54) is 3.57 Å². The number of benzene rings is 2. The molecule has 1 saturated heterocycles. The van der Waals surface area contributed by atoms with Crippen molar-refractivity contribution in [1.29, 1.82) is 0 Å². The number of Topliss-reactive ketones (excluding diaryl/α,β-unsaturated/α-hetero) is 1. The van der Waals surface area contributed by atoms with Gasteiger partial charge in [-0.2, -0.15) is 0 Å². The van der Waals surface area contributed by atoms with Gasteiger partial charge in [-0.3, -0.25) is 14.4 Å². The van der Waals surface area contributed by atoms with E-state index in [2.05, 4.69) is 82.4 Å². The summed E-state index contributed by atoms with van der Waals surface area (Å²) < 4.78 is 2.31. The second-order valence-corrected chi connectivity index (χ2v) is 25.9. The Balaban J connectivity index is 0.000000297. The van der Waals surface area contributed by atoms with Crippen molar-refractivity contribution < 1.29 is 46.2 Å². The Kier molecular flexibility index (Phi) is 17.0. The largest absolute Gasteiger partial charge is 0.306 e. The molecule has 0 spiro atoms. The zero-order valence-corrected chi connectivity index (χ0v) is 30.4. The van der Waals surface area contributed by atoms with E-state index >= 15 is 0 Å². The number of nitrogens with zero attached hydrogens (tertiary/aromatic N) is 2. The van der Waals surface area contributed by atoms with Gasteiger partial charge in [-0.15, -0.1) is 0 Å². The van der Waals surface area contributed by atoms with Crippen molar-refractivity contribution in [2.24, 2.45) is 0 Å². The van der Waals surface area contributed by atoms with E-state index < -0.39 is 0 Å². The zero-order valence-electron chi connectivity index (χ0n) is 18.2. The van der Waals surface area contributed by atoms with Crippen LogP contribution in [0.15, 0.2) is 60.2 Å². The Labute approximate surface area is 269 Å². The number of ketones is 1. The van der Waals surface area contributed by atoms with Crippen LogP contribution in [0.5, 0.6) is 0 Å². The maximum absolute atomic E-state index is 11.9. The van der Waals surface area contributed by atoms with Crippen molar-refractivity contribution in [1.82, 2.24) is 0 Å². The molecule has 0 N–H and O–H groups in total. The van der Waals surface area contributed by atoms with Gasteiger partial charge in [-0.05, 0) is 113 Å². The van der Waals surface area contributed by atoms with Gasteiger partial charge in [0.1, 0.15) is 0 Å². The van der Waals surface area contributed by atoms with Gasteiger partial charge in [0.05, 0.1) is 0 Å². The molecule has 1 fully saturated rings. The van der Waals surface area contributed by atoms with Crippen molar-refractivity contribution in [2.75, 3.05) is 22.9 Å². The van der Waals surface area contributed by atoms with Gasteiger partial charge in [-0.25, -0.2) is 0 Å². The Hall–Kier alpha value is 1.02. The molecule has 2 aliphatic heterocycles. The molecule has 2 aromatic rings. The number of carbonyl (C=O) groups excluding carboxylic acids is 3. The first-order chi connectivity index (χ1) is 15.8. The molecule has 0 bridgehead atoms. The molecule has 0 aliphatic carbocycles. The summed E-state index contributed by atoms with van der Waals surface area (Å²) in [5.41, 5.74) is 2.65. The summed E-state index contributed by atoms with van der Waals surface area (Å²) in [4.78, 5) is 38.1. The number of piperidine rings is 1. The summed E-state index contributed by atoms with van der Waals surface area (Å²) >= 11 is 9.77. The summed E-state index contributed by atoms with van der Waals surface area (Å²) in [6, 6.07) is 15.7. The van der Waals surface area contributed by atoms with Crippen LogP contribution in [0.2, 0.25) is 0 Å². The van der Waals surface area contributed by atoms with Crippen LogP contribution in [0.1, 0.15) is 26.2 Å². The molecule has 2 amide bonds. The zero-order chi connectivity index (χ0) is 24.4. The van der Waals surface area contributed by atoms with E-state index in [9.17, 15) is 14.4 Å². The molecule has 2 aliphatic rings. The predicted octanol–water partition coefficient (Wildman–Crippen LogP) is 3.73. The second kappa shape index (κ2) is 17.5. The van der Waals surface area contributed by atoms with Crippen LogP contribution >= 0.6 is 82.4 Å². The Morgan fingerprint density at radius 1 is 0.765 bits per heavy atom. The Morgan fingerprint density at radius 2 is 1.21 bits per heavy atom. The second-order valence-electron chi connectivity index (χ2n) is 7.12. The third-order valence-corrected chi connectivity index (χ3v) is 6.37. The van der Waals surface area contributed by atoms with Crippen molar-refractivity contribution in [3.63, 3.8) is 0 Å². The summed E-state index contributed by atoms with van der Waals surface area (Å²) in [5, 5.41) is 0. The van der Waals surface area contributed by atoms with E-state index in [-0.39, 0.29) is 36.2 Å². The fourth-order valence-electron chi connectivity index (χ4n) is 3.30. The molecule has 4 rings (SSSR count). The van der Waals surface area contributed by atoms with Gasteiger partial charge in [-0.1, -0.05) is 6.08 Å². The average Bonchev–Trinajstić information content (AvgIpc) is 2.80. The molecule has 2 aromatic carbocycles. The minimum absolute atomic E-state index is 0. The maximum Gasteiger partial charge on any atom is 0.294 e. The normalized spacial score (nSPS) is 15.4. The monoisotopic (exact) mass is 1060 g/mol. The van der Waals surface area contributed by atoms with Crippen LogP contribution in [-0.4, -0.2) is 30.7 Å². The van der Waals surface area contributed by atoms with Gasteiger partial charge in [0.15, 0.2) is 0 Å². The molecule has 11 heteroatoms. The number of carbonyl (C=O) groups is 3. The number of anilines is 2. The van der Waals surface area contributed by atoms with E-state index in [4.69, 9.17) is 0 Å². The van der Waals surface area contributed by atoms with Crippen molar-refractivity contribution >= 4 is 111 Å². The van der Waals surface area contributed by atoms with Gasteiger partial charge < -0.3 is 9.80 Å². The van der Waals surface area contributed by atoms with Gasteiger partial charge in [0.25, 0.3) is 11.8 Å². The first kappa shape index (κ1) is 33.1. The van der Waals surface area contributed by atoms with Crippen LogP contribution in [-0.2, 0) is 32.9 Å². The molecule has 0 unspecified atom stereocenters. The van der Waals surface area contributed by atoms with E-state index in [1.807, 2.05) is 66.4 Å². The van der Waals surface area contributed by atoms with Crippen LogP contribution in [0.4, 0.5) is 11.4 Å². The predicted molar refractivity (Wildman–Crippen MR) is 164 cm³/mol. The Morgan fingerprint density at radius 3 is 1.68 bits per heavy atom. The quantitative estimate of drug-likeness (QED) is 0.341. The molecule has 0 saturated carbocycles. The molecule has 0 aromatic heterocycles. The number of hydrogen-bond donors (Lipinski definition) is 0. The summed E-state index contributed by atoms with van der Waals surface area (Å²) in [6.07, 6.45) is 4.10. The minimum atomic E-state index is -0.373. The number of rotatable bonds is 2. The maximum atomic E-state index is 11.9. The van der Waals surface area contributed by atoms with Crippen molar-refractivity contribution in [3.05, 3.63) is 67.3 Å². The molecule has 0 atom stereocenters. The molecule has 5 nitrogen and oxygen atoms in total. The fourth-order valence-corrected chi connectivity index (χ4v) is 4.02. The molecule has 2 heterocycles. The summed E-state index contributed by atoms with van der Waals surface area (Å²) in [5.74, 6) is -0.523. The molecular weight excluding hydrogens is 1040 g/mol. The smallest absolute Gasteiger partial charge is 0.294 e. The summed E-state index contributed by atoms with van der Waals surface area (Å²) in [7, 11) is 0. The topological polar surface area (TPSA) is 57.7 Å². The standard InChI is InChI=1S/C12H12INO.C11H10INO2.I3.V/c1-9-3-2-8-14(12(9)15)11-6-4-10(13)5-7-11;12-8-3-5-9(6-4-8)13-7-1-2-10(14)11(13)15;1-3-2;/h3-7H,2,8H2,1H3;3-6H,1-2,7H2;;/q;;-1;. The SMILES string of the molecule is CC1=CCCN(c2ccc(I)cc2)C1=O.I[I-]I.O=C1CCCN(c2ccc(I)cc2)C1=O.[V]. The van der Waals surface area contributed by atoms with Crippen molar-refractivity contribution in [2.45, 2.75) is 26.2 Å². The molecular formula is C23H22I5N2O3V-. The van der Waals surface area contributed by atoms with E-state index in [0.717, 1.165) is 39.9 Å². The van der Waals surface area contributed by atoms with Crippen LogP contribution < -0.4 is 23.1 Å². The number of halogens is 5. The van der Waals surface area contributed by atoms with Crippen LogP contribution in [0.3, 0.4) is 0 Å². The van der Waals surface area contributed by atoms with Crippen molar-refractivity contribution in [3.8, 4) is 0 Å². The van der Waals surface area contributed by atoms with Crippen LogP contribution in [0.25, 0.3) is 0 Å². The van der Waals surface area contributed by atoms with Gasteiger partial charge in [0.2, 0.25) is 5.78 Å². The van der Waals surface area contributed by atoms with Gasteiger partial charge >= 0.3 is 50.5 Å². The molecule has 183 valence electrons. The fraction of sp³-hybridized carbons (Fsp3) is 0.261. The van der Waals surface area contributed by atoms with E-state index in [1.54, 1.807) is 4.90 Å². The Bertz CT molecular complexity index is 957. The molecule has 34 heavy (non-hydrogen) atoms. The molecule has 1 radical (unpaired) electrons. The third kappa shape index (κ3) is 10.4. The third-order valence-electron chi connectivity index (χ3n) is 4.93. The minimum Gasteiger partial charge on any atom is -0.306 e. The van der Waals surface area contributed by atoms with Gasteiger partial charge in [0, 0.05) is 62.2 Å². The number of amides is 2.